The van der Waals surface area contributed by atoms with Gasteiger partial charge < -0.3 is 19.4 Å². The van der Waals surface area contributed by atoms with Crippen molar-refractivity contribution in [2.45, 2.75) is 6.42 Å². The lowest BCUT2D eigenvalue weighted by Gasteiger charge is -2.25. The lowest BCUT2D eigenvalue weighted by molar-refractivity contribution is -0.112. The molecule has 1 aromatic carbocycles. The van der Waals surface area contributed by atoms with Crippen LogP contribution in [-0.4, -0.2) is 48.5 Å². The summed E-state index contributed by atoms with van der Waals surface area (Å²) in [4.78, 5) is 23.7. The predicted octanol–water partition coefficient (Wildman–Crippen LogP) is 3.87. The van der Waals surface area contributed by atoms with Gasteiger partial charge in [-0.25, -0.2) is 4.98 Å². The molecule has 0 saturated heterocycles. The van der Waals surface area contributed by atoms with Crippen molar-refractivity contribution in [1.82, 2.24) is 14.9 Å². The van der Waals surface area contributed by atoms with Gasteiger partial charge in [-0.3, -0.25) is 4.79 Å². The van der Waals surface area contributed by atoms with Crippen molar-refractivity contribution in [3.8, 4) is 11.5 Å². The minimum atomic E-state index is -0.200. The minimum Gasteiger partial charge on any atom is -0.501 e. The van der Waals surface area contributed by atoms with Crippen LogP contribution in [0.5, 0.6) is 0 Å². The number of fused-ring (bicyclic) bond motifs is 1. The number of aromatic nitrogens is 2. The Hall–Kier alpha value is -3.45. The molecule has 7 nitrogen and oxygen atoms in total. The number of methoxy groups -OCH3 is 1. The first-order valence-corrected chi connectivity index (χ1v) is 9.78. The van der Waals surface area contributed by atoms with E-state index in [0.717, 1.165) is 18.7 Å². The van der Waals surface area contributed by atoms with Crippen LogP contribution in [0.2, 0.25) is 0 Å². The summed E-state index contributed by atoms with van der Waals surface area (Å²) in [5.74, 6) is 1.27. The van der Waals surface area contributed by atoms with Crippen molar-refractivity contribution in [3.63, 3.8) is 0 Å². The van der Waals surface area contributed by atoms with E-state index in [-0.39, 0.29) is 11.8 Å². The lowest BCUT2D eigenvalue weighted by Crippen LogP contribution is -2.26. The number of amides is 1. The Balaban J connectivity index is 1.57. The normalized spacial score (nSPS) is 16.3. The molecule has 2 aromatic heterocycles. The summed E-state index contributed by atoms with van der Waals surface area (Å²) < 4.78 is 11.4. The van der Waals surface area contributed by atoms with Crippen molar-refractivity contribution < 1.29 is 13.9 Å². The summed E-state index contributed by atoms with van der Waals surface area (Å²) in [6.45, 7) is 0.861. The van der Waals surface area contributed by atoms with Gasteiger partial charge in [-0.15, -0.1) is 0 Å². The molecule has 0 fully saturated rings. The van der Waals surface area contributed by atoms with Gasteiger partial charge in [0.2, 0.25) is 5.89 Å². The third-order valence-corrected chi connectivity index (χ3v) is 4.98. The summed E-state index contributed by atoms with van der Waals surface area (Å²) in [6, 6.07) is 11.0. The molecule has 0 aliphatic heterocycles. The number of hydrogen-bond donors (Lipinski definition) is 1. The SMILES string of the molecule is COC1=CC(C(=O)Nc2ccccc2-c2nc3ncccc3o2)=CCC1CN(C)C. The predicted molar refractivity (Wildman–Crippen MR) is 116 cm³/mol. The molecule has 1 atom stereocenters. The Morgan fingerprint density at radius 2 is 2.10 bits per heavy atom. The van der Waals surface area contributed by atoms with Gasteiger partial charge in [0.1, 0.15) is 5.76 Å². The van der Waals surface area contributed by atoms with Gasteiger partial charge in [0, 0.05) is 24.2 Å². The van der Waals surface area contributed by atoms with Crippen LogP contribution in [0.25, 0.3) is 22.7 Å². The Labute approximate surface area is 175 Å². The monoisotopic (exact) mass is 404 g/mol. The number of pyridine rings is 1. The molecule has 7 heteroatoms. The third-order valence-electron chi connectivity index (χ3n) is 4.98. The molecule has 3 aromatic rings. The zero-order valence-electron chi connectivity index (χ0n) is 17.3. The maximum Gasteiger partial charge on any atom is 0.255 e. The quantitative estimate of drug-likeness (QED) is 0.672. The highest BCUT2D eigenvalue weighted by molar-refractivity contribution is 6.07. The smallest absolute Gasteiger partial charge is 0.255 e. The molecule has 0 radical (unpaired) electrons. The summed E-state index contributed by atoms with van der Waals surface area (Å²) in [5, 5.41) is 2.99. The topological polar surface area (TPSA) is 80.5 Å². The first kappa shape index (κ1) is 19.8. The van der Waals surface area contributed by atoms with Gasteiger partial charge in [-0.05, 0) is 50.9 Å². The lowest BCUT2D eigenvalue weighted by atomic mass is 9.93. The van der Waals surface area contributed by atoms with Crippen LogP contribution in [0.1, 0.15) is 6.42 Å². The number of nitrogens with one attached hydrogen (secondary N) is 1. The number of anilines is 1. The number of rotatable bonds is 6. The first-order valence-electron chi connectivity index (χ1n) is 9.78. The number of nitrogens with zero attached hydrogens (tertiary/aromatic N) is 3. The van der Waals surface area contributed by atoms with Crippen molar-refractivity contribution in [2.75, 3.05) is 33.1 Å². The molecule has 1 N–H and O–H groups in total. The molecule has 1 aliphatic carbocycles. The molecule has 1 aliphatic rings. The van der Waals surface area contributed by atoms with E-state index < -0.39 is 0 Å². The number of para-hydroxylation sites is 1. The number of oxazole rings is 1. The van der Waals surface area contributed by atoms with Crippen molar-refractivity contribution in [1.29, 1.82) is 0 Å². The summed E-state index contributed by atoms with van der Waals surface area (Å²) in [7, 11) is 5.70. The van der Waals surface area contributed by atoms with Crippen LogP contribution in [0.15, 0.2) is 70.5 Å². The zero-order chi connectivity index (χ0) is 21.1. The van der Waals surface area contributed by atoms with Crippen LogP contribution in [0, 0.1) is 5.92 Å². The first-order chi connectivity index (χ1) is 14.5. The Kier molecular flexibility index (Phi) is 5.63. The maximum atomic E-state index is 13.0. The fourth-order valence-electron chi connectivity index (χ4n) is 3.56. The van der Waals surface area contributed by atoms with E-state index in [1.165, 1.54) is 0 Å². The van der Waals surface area contributed by atoms with E-state index in [1.54, 1.807) is 19.4 Å². The average molecular weight is 404 g/mol. The highest BCUT2D eigenvalue weighted by Crippen LogP contribution is 2.31. The third kappa shape index (κ3) is 4.11. The molecular formula is C23H24N4O3. The number of ether oxygens (including phenoxy) is 1. The summed E-state index contributed by atoms with van der Waals surface area (Å²) >= 11 is 0. The number of hydrogen-bond acceptors (Lipinski definition) is 6. The van der Waals surface area contributed by atoms with E-state index in [2.05, 4.69) is 20.2 Å². The van der Waals surface area contributed by atoms with Crippen LogP contribution >= 0.6 is 0 Å². The molecule has 30 heavy (non-hydrogen) atoms. The van der Waals surface area contributed by atoms with E-state index in [1.807, 2.05) is 56.6 Å². The Morgan fingerprint density at radius 1 is 1.27 bits per heavy atom. The molecule has 0 bridgehead atoms. The number of carbonyl (C=O) groups is 1. The fourth-order valence-corrected chi connectivity index (χ4v) is 3.56. The minimum absolute atomic E-state index is 0.200. The second kappa shape index (κ2) is 8.51. The molecule has 2 heterocycles. The maximum absolute atomic E-state index is 13.0. The molecule has 0 saturated carbocycles. The van der Waals surface area contributed by atoms with Crippen LogP contribution < -0.4 is 5.32 Å². The van der Waals surface area contributed by atoms with Gasteiger partial charge in [0.25, 0.3) is 5.91 Å². The van der Waals surface area contributed by atoms with Crippen LogP contribution in [0.4, 0.5) is 5.69 Å². The van der Waals surface area contributed by atoms with E-state index in [0.29, 0.717) is 33.9 Å². The van der Waals surface area contributed by atoms with Crippen molar-refractivity contribution in [2.24, 2.45) is 5.92 Å². The van der Waals surface area contributed by atoms with Gasteiger partial charge in [0.15, 0.2) is 11.2 Å². The molecule has 1 amide bonds. The van der Waals surface area contributed by atoms with Crippen molar-refractivity contribution >= 4 is 22.8 Å². The standard InChI is InChI=1S/C23H24N4O3/c1-27(2)14-16-11-10-15(13-20(16)29-3)22(28)25-18-8-5-4-7-17(18)23-26-21-19(30-23)9-6-12-24-21/h4-10,12-13,16H,11,14H2,1-3H3,(H,25,28). The van der Waals surface area contributed by atoms with Gasteiger partial charge in [-0.2, -0.15) is 4.98 Å². The summed E-state index contributed by atoms with van der Waals surface area (Å²) in [6.07, 6.45) is 6.19. The second-order valence-electron chi connectivity index (χ2n) is 7.45. The van der Waals surface area contributed by atoms with E-state index in [9.17, 15) is 4.79 Å². The highest BCUT2D eigenvalue weighted by Gasteiger charge is 2.23. The second-order valence-corrected chi connectivity index (χ2v) is 7.45. The summed E-state index contributed by atoms with van der Waals surface area (Å²) in [5.41, 5.74) is 3.03. The molecule has 4 rings (SSSR count). The van der Waals surface area contributed by atoms with Gasteiger partial charge in [-0.1, -0.05) is 18.2 Å². The van der Waals surface area contributed by atoms with Gasteiger partial charge in [0.05, 0.1) is 18.4 Å². The number of carbonyl (C=O) groups excluding carboxylic acids is 1. The highest BCUT2D eigenvalue weighted by atomic mass is 16.5. The Bertz CT molecular complexity index is 1100. The Morgan fingerprint density at radius 3 is 2.87 bits per heavy atom. The van der Waals surface area contributed by atoms with Gasteiger partial charge >= 0.3 is 0 Å². The van der Waals surface area contributed by atoms with Crippen LogP contribution in [-0.2, 0) is 9.53 Å². The zero-order valence-corrected chi connectivity index (χ0v) is 17.3. The molecule has 154 valence electrons. The molecule has 1 unspecified atom stereocenters. The van der Waals surface area contributed by atoms with E-state index in [4.69, 9.17) is 9.15 Å². The molecule has 0 spiro atoms. The number of benzene rings is 1. The fraction of sp³-hybridized carbons (Fsp3) is 0.261. The number of allylic oxidation sites excluding steroid dienone is 1. The van der Waals surface area contributed by atoms with Crippen molar-refractivity contribution in [3.05, 3.63) is 66.1 Å². The van der Waals surface area contributed by atoms with Crippen LogP contribution in [0.3, 0.4) is 0 Å². The largest absolute Gasteiger partial charge is 0.501 e. The molecular weight excluding hydrogens is 380 g/mol. The average Bonchev–Trinajstić information content (AvgIpc) is 3.18. The van der Waals surface area contributed by atoms with E-state index >= 15 is 0 Å².